The van der Waals surface area contributed by atoms with Crippen LogP contribution < -0.4 is 4.18 Å². The molecule has 0 bridgehead atoms. The van der Waals surface area contributed by atoms with Gasteiger partial charge in [-0.05, 0) is 52.1 Å². The first-order chi connectivity index (χ1) is 14.7. The lowest BCUT2D eigenvalue weighted by atomic mass is 9.96. The maximum atomic E-state index is 12.5. The van der Waals surface area contributed by atoms with E-state index in [-0.39, 0.29) is 5.75 Å². The Morgan fingerprint density at radius 3 is 2.32 bits per heavy atom. The molecule has 0 aliphatic carbocycles. The minimum Gasteiger partial charge on any atom is -0.376 e. The Hall–Kier alpha value is -2.84. The second kappa shape index (κ2) is 8.36. The predicted molar refractivity (Wildman–Crippen MR) is 114 cm³/mol. The predicted octanol–water partition coefficient (Wildman–Crippen LogP) is 5.36. The van der Waals surface area contributed by atoms with Crippen molar-refractivity contribution in [1.82, 2.24) is 4.90 Å². The van der Waals surface area contributed by atoms with Crippen LogP contribution in [0.4, 0.5) is 13.2 Å². The topological polar surface area (TPSA) is 46.6 Å². The van der Waals surface area contributed by atoms with Crippen molar-refractivity contribution in [2.45, 2.75) is 18.5 Å². The molecule has 0 N–H and O–H groups in total. The van der Waals surface area contributed by atoms with Crippen LogP contribution >= 0.6 is 0 Å². The maximum absolute atomic E-state index is 12.5. The highest BCUT2D eigenvalue weighted by molar-refractivity contribution is 7.88. The molecule has 0 spiro atoms. The molecule has 0 fully saturated rings. The van der Waals surface area contributed by atoms with Crippen molar-refractivity contribution in [2.75, 3.05) is 13.1 Å². The standard InChI is InChI=1S/C23H20F3NO3S/c24-23(25,26)31(28,29)30-22-9-8-20-14-19(6-7-21(20)15-22)18-10-12-27(13-11-18)16-17-4-2-1-3-5-17/h1-10,14-15H,11-13,16H2. The largest absolute Gasteiger partial charge is 0.534 e. The zero-order valence-corrected chi connectivity index (χ0v) is 17.3. The molecule has 0 aromatic heterocycles. The van der Waals surface area contributed by atoms with Gasteiger partial charge in [-0.1, -0.05) is 54.6 Å². The van der Waals surface area contributed by atoms with E-state index in [0.29, 0.717) is 5.39 Å². The molecule has 1 aliphatic heterocycles. The first kappa shape index (κ1) is 21.4. The van der Waals surface area contributed by atoms with Crippen molar-refractivity contribution in [3.05, 3.63) is 83.9 Å². The highest BCUT2D eigenvalue weighted by atomic mass is 32.2. The van der Waals surface area contributed by atoms with Crippen LogP contribution in [0, 0.1) is 0 Å². The smallest absolute Gasteiger partial charge is 0.376 e. The summed E-state index contributed by atoms with van der Waals surface area (Å²) in [6.07, 6.45) is 3.09. The second-order valence-corrected chi connectivity index (χ2v) is 8.94. The van der Waals surface area contributed by atoms with Crippen LogP contribution in [-0.2, 0) is 16.7 Å². The highest BCUT2D eigenvalue weighted by Crippen LogP contribution is 2.31. The number of nitrogens with zero attached hydrogens (tertiary/aromatic N) is 1. The summed E-state index contributed by atoms with van der Waals surface area (Å²) in [6.45, 7) is 2.66. The highest BCUT2D eigenvalue weighted by Gasteiger charge is 2.48. The van der Waals surface area contributed by atoms with E-state index in [1.165, 1.54) is 23.3 Å². The van der Waals surface area contributed by atoms with Gasteiger partial charge in [0.2, 0.25) is 0 Å². The molecule has 0 unspecified atom stereocenters. The van der Waals surface area contributed by atoms with Crippen LogP contribution in [0.2, 0.25) is 0 Å². The van der Waals surface area contributed by atoms with Crippen LogP contribution in [0.3, 0.4) is 0 Å². The van der Waals surface area contributed by atoms with Gasteiger partial charge in [0.25, 0.3) is 0 Å². The first-order valence-electron chi connectivity index (χ1n) is 9.71. The Morgan fingerprint density at radius 1 is 0.935 bits per heavy atom. The summed E-state index contributed by atoms with van der Waals surface area (Å²) in [5.74, 6) is -0.369. The van der Waals surface area contributed by atoms with E-state index in [4.69, 9.17) is 0 Å². The minimum absolute atomic E-state index is 0.369. The van der Waals surface area contributed by atoms with Gasteiger partial charge in [-0.25, -0.2) is 0 Å². The summed E-state index contributed by atoms with van der Waals surface area (Å²) < 4.78 is 64.2. The lowest BCUT2D eigenvalue weighted by Gasteiger charge is -2.26. The van der Waals surface area contributed by atoms with Gasteiger partial charge >= 0.3 is 15.6 Å². The van der Waals surface area contributed by atoms with Crippen LogP contribution in [0.1, 0.15) is 17.5 Å². The van der Waals surface area contributed by atoms with Gasteiger partial charge in [0, 0.05) is 19.6 Å². The molecule has 8 heteroatoms. The van der Waals surface area contributed by atoms with E-state index < -0.39 is 15.6 Å². The Kier molecular flexibility index (Phi) is 5.77. The van der Waals surface area contributed by atoms with E-state index in [9.17, 15) is 21.6 Å². The number of benzene rings is 3. The van der Waals surface area contributed by atoms with Crippen LogP contribution in [0.5, 0.6) is 5.75 Å². The van der Waals surface area contributed by atoms with Crippen LogP contribution in [0.15, 0.2) is 72.8 Å². The Bertz CT molecular complexity index is 1220. The van der Waals surface area contributed by atoms with Gasteiger partial charge in [-0.15, -0.1) is 0 Å². The van der Waals surface area contributed by atoms with Gasteiger partial charge in [-0.3, -0.25) is 4.90 Å². The molecule has 1 aliphatic rings. The van der Waals surface area contributed by atoms with E-state index in [1.807, 2.05) is 30.3 Å². The van der Waals surface area contributed by atoms with Crippen molar-refractivity contribution in [1.29, 1.82) is 0 Å². The van der Waals surface area contributed by atoms with E-state index in [1.54, 1.807) is 12.1 Å². The van der Waals surface area contributed by atoms with Crippen molar-refractivity contribution in [3.8, 4) is 5.75 Å². The van der Waals surface area contributed by atoms with Gasteiger partial charge < -0.3 is 4.18 Å². The summed E-state index contributed by atoms with van der Waals surface area (Å²) >= 11 is 0. The summed E-state index contributed by atoms with van der Waals surface area (Å²) in [5.41, 5.74) is -1.93. The third-order valence-electron chi connectivity index (χ3n) is 5.21. The fourth-order valence-electron chi connectivity index (χ4n) is 3.61. The number of alkyl halides is 3. The number of rotatable bonds is 5. The molecule has 3 aromatic rings. The van der Waals surface area contributed by atoms with Gasteiger partial charge in [0.15, 0.2) is 0 Å². The third-order valence-corrected chi connectivity index (χ3v) is 6.19. The van der Waals surface area contributed by atoms with Gasteiger partial charge in [-0.2, -0.15) is 21.6 Å². The number of hydrogen-bond acceptors (Lipinski definition) is 4. The molecule has 162 valence electrons. The SMILES string of the molecule is O=S(=O)(Oc1ccc2cc(C3=CCN(Cc4ccccc4)CC3)ccc2c1)C(F)(F)F. The number of halogens is 3. The molecule has 0 saturated carbocycles. The monoisotopic (exact) mass is 447 g/mol. The molecule has 4 rings (SSSR count). The fraction of sp³-hybridized carbons (Fsp3) is 0.217. The summed E-state index contributed by atoms with van der Waals surface area (Å²) in [5, 5.41) is 1.39. The molecule has 0 saturated heterocycles. The van der Waals surface area contributed by atoms with E-state index in [0.717, 1.165) is 37.0 Å². The fourth-order valence-corrected chi connectivity index (χ4v) is 4.06. The normalized spacial score (nSPS) is 15.6. The molecular weight excluding hydrogens is 427 g/mol. The number of hydrogen-bond donors (Lipinski definition) is 0. The molecule has 31 heavy (non-hydrogen) atoms. The lowest BCUT2D eigenvalue weighted by molar-refractivity contribution is -0.0500. The van der Waals surface area contributed by atoms with Crippen LogP contribution in [0.25, 0.3) is 16.3 Å². The maximum Gasteiger partial charge on any atom is 0.534 e. The molecule has 0 radical (unpaired) electrons. The summed E-state index contributed by atoms with van der Waals surface area (Å²) in [4.78, 5) is 2.37. The van der Waals surface area contributed by atoms with Gasteiger partial charge in [0.05, 0.1) is 0 Å². The quantitative estimate of drug-likeness (QED) is 0.390. The average Bonchev–Trinajstić information content (AvgIpc) is 2.74. The first-order valence-corrected chi connectivity index (χ1v) is 11.1. The zero-order valence-electron chi connectivity index (χ0n) is 16.5. The van der Waals surface area contributed by atoms with Crippen molar-refractivity contribution in [2.24, 2.45) is 0 Å². The molecule has 3 aromatic carbocycles. The summed E-state index contributed by atoms with van der Waals surface area (Å²) in [6, 6.07) is 20.0. The Labute approximate surface area is 178 Å². The molecular formula is C23H20F3NO3S. The molecule has 0 atom stereocenters. The molecule has 0 amide bonds. The Balaban J connectivity index is 1.48. The van der Waals surface area contributed by atoms with Crippen molar-refractivity contribution in [3.63, 3.8) is 0 Å². The number of fused-ring (bicyclic) bond motifs is 1. The minimum atomic E-state index is -5.69. The van der Waals surface area contributed by atoms with Crippen molar-refractivity contribution < 1.29 is 25.8 Å². The van der Waals surface area contributed by atoms with E-state index >= 15 is 0 Å². The Morgan fingerprint density at radius 2 is 1.65 bits per heavy atom. The van der Waals surface area contributed by atoms with Gasteiger partial charge in [0.1, 0.15) is 5.75 Å². The molecule has 4 nitrogen and oxygen atoms in total. The van der Waals surface area contributed by atoms with Crippen LogP contribution in [-0.4, -0.2) is 31.9 Å². The zero-order chi connectivity index (χ0) is 22.1. The third kappa shape index (κ3) is 4.91. The van der Waals surface area contributed by atoms with E-state index in [2.05, 4.69) is 27.3 Å². The molecule has 1 heterocycles. The second-order valence-electron chi connectivity index (χ2n) is 7.41. The summed E-state index contributed by atoms with van der Waals surface area (Å²) in [7, 11) is -5.69. The average molecular weight is 447 g/mol. The lowest BCUT2D eigenvalue weighted by Crippen LogP contribution is -2.28. The van der Waals surface area contributed by atoms with Crippen molar-refractivity contribution >= 4 is 26.5 Å².